The van der Waals surface area contributed by atoms with Gasteiger partial charge in [-0.05, 0) is 39.3 Å². The molecule has 0 aliphatic carbocycles. The normalized spacial score (nSPS) is 24.2. The van der Waals surface area contributed by atoms with Crippen LogP contribution in [0.5, 0.6) is 0 Å². The SMILES string of the molecule is CC(B1OC(C)(C)C(C)(C)O1)C(O)c1cccnc1. The maximum absolute atomic E-state index is 10.4. The Morgan fingerprint density at radius 1 is 1.21 bits per heavy atom. The van der Waals surface area contributed by atoms with Crippen molar-refractivity contribution in [3.05, 3.63) is 30.1 Å². The molecule has 1 aromatic heterocycles. The summed E-state index contributed by atoms with van der Waals surface area (Å²) in [6, 6.07) is 3.68. The number of hydrogen-bond acceptors (Lipinski definition) is 4. The van der Waals surface area contributed by atoms with Gasteiger partial charge in [0.25, 0.3) is 0 Å². The summed E-state index contributed by atoms with van der Waals surface area (Å²) in [4.78, 5) is 4.03. The van der Waals surface area contributed by atoms with Crippen molar-refractivity contribution >= 4 is 7.12 Å². The Balaban J connectivity index is 2.12. The predicted octanol–water partition coefficient (Wildman–Crippen LogP) is 2.60. The minimum atomic E-state index is -0.650. The second-order valence-corrected chi connectivity index (χ2v) is 6.22. The number of pyridine rings is 1. The van der Waals surface area contributed by atoms with E-state index in [0.29, 0.717) is 0 Å². The smallest absolute Gasteiger partial charge is 0.403 e. The predicted molar refractivity (Wildman–Crippen MR) is 74.7 cm³/mol. The van der Waals surface area contributed by atoms with Gasteiger partial charge in [0.1, 0.15) is 0 Å². The summed E-state index contributed by atoms with van der Waals surface area (Å²) in [7, 11) is -0.416. The highest BCUT2D eigenvalue weighted by atomic mass is 16.7. The van der Waals surface area contributed by atoms with Gasteiger partial charge in [-0.1, -0.05) is 13.0 Å². The Morgan fingerprint density at radius 2 is 1.79 bits per heavy atom. The number of aliphatic hydroxyl groups excluding tert-OH is 1. The van der Waals surface area contributed by atoms with Crippen LogP contribution in [0.3, 0.4) is 0 Å². The zero-order chi connectivity index (χ0) is 14.3. The third-order valence-electron chi connectivity index (χ3n) is 4.22. The molecule has 2 unspecified atom stereocenters. The lowest BCUT2D eigenvalue weighted by atomic mass is 9.68. The zero-order valence-corrected chi connectivity index (χ0v) is 12.3. The molecule has 2 heterocycles. The van der Waals surface area contributed by atoms with Crippen molar-refractivity contribution < 1.29 is 14.4 Å². The van der Waals surface area contributed by atoms with Crippen molar-refractivity contribution in [2.75, 3.05) is 0 Å². The first-order valence-electron chi connectivity index (χ1n) is 6.68. The quantitative estimate of drug-likeness (QED) is 0.851. The first kappa shape index (κ1) is 14.5. The van der Waals surface area contributed by atoms with Gasteiger partial charge in [-0.2, -0.15) is 0 Å². The minimum Gasteiger partial charge on any atom is -0.403 e. The molecule has 0 radical (unpaired) electrons. The highest BCUT2D eigenvalue weighted by Gasteiger charge is 2.53. The van der Waals surface area contributed by atoms with E-state index < -0.39 is 13.2 Å². The van der Waals surface area contributed by atoms with Crippen LogP contribution in [0, 0.1) is 0 Å². The molecule has 0 bridgehead atoms. The van der Waals surface area contributed by atoms with Crippen molar-refractivity contribution in [1.29, 1.82) is 0 Å². The molecule has 1 aromatic rings. The lowest BCUT2D eigenvalue weighted by Gasteiger charge is -2.32. The zero-order valence-electron chi connectivity index (χ0n) is 12.3. The summed E-state index contributed by atoms with van der Waals surface area (Å²) >= 11 is 0. The van der Waals surface area contributed by atoms with E-state index in [9.17, 15) is 5.11 Å². The lowest BCUT2D eigenvalue weighted by molar-refractivity contribution is 0.00578. The Kier molecular flexibility index (Phi) is 3.73. The van der Waals surface area contributed by atoms with Crippen molar-refractivity contribution in [2.45, 2.75) is 57.7 Å². The van der Waals surface area contributed by atoms with Gasteiger partial charge < -0.3 is 14.4 Å². The van der Waals surface area contributed by atoms with Gasteiger partial charge in [-0.3, -0.25) is 4.98 Å². The molecular formula is C14H22BNO3. The monoisotopic (exact) mass is 263 g/mol. The molecule has 2 atom stereocenters. The topological polar surface area (TPSA) is 51.6 Å². The summed E-state index contributed by atoms with van der Waals surface area (Å²) in [6.07, 6.45) is 2.71. The van der Waals surface area contributed by atoms with E-state index in [1.807, 2.05) is 46.8 Å². The van der Waals surface area contributed by atoms with Crippen molar-refractivity contribution in [3.63, 3.8) is 0 Å². The molecule has 1 aliphatic heterocycles. The van der Waals surface area contributed by atoms with E-state index in [2.05, 4.69) is 4.98 Å². The van der Waals surface area contributed by atoms with Crippen LogP contribution in [0.15, 0.2) is 24.5 Å². The second kappa shape index (κ2) is 4.89. The van der Waals surface area contributed by atoms with Crippen molar-refractivity contribution in [2.24, 2.45) is 0 Å². The molecule has 2 rings (SSSR count). The van der Waals surface area contributed by atoms with Gasteiger partial charge >= 0.3 is 7.12 Å². The molecule has 0 saturated carbocycles. The lowest BCUT2D eigenvalue weighted by Crippen LogP contribution is -2.41. The summed E-state index contributed by atoms with van der Waals surface area (Å²) in [5.74, 6) is -0.162. The first-order chi connectivity index (χ1) is 8.74. The summed E-state index contributed by atoms with van der Waals surface area (Å²) < 4.78 is 11.9. The fourth-order valence-electron chi connectivity index (χ4n) is 2.11. The van der Waals surface area contributed by atoms with Crippen LogP contribution < -0.4 is 0 Å². The maximum Gasteiger partial charge on any atom is 0.463 e. The maximum atomic E-state index is 10.4. The number of hydrogen-bond donors (Lipinski definition) is 1. The number of rotatable bonds is 3. The molecular weight excluding hydrogens is 241 g/mol. The van der Waals surface area contributed by atoms with Crippen molar-refractivity contribution in [1.82, 2.24) is 4.98 Å². The molecule has 1 aliphatic rings. The molecule has 0 aromatic carbocycles. The van der Waals surface area contributed by atoms with Gasteiger partial charge in [-0.25, -0.2) is 0 Å². The average molecular weight is 263 g/mol. The van der Waals surface area contributed by atoms with Gasteiger partial charge in [0.15, 0.2) is 0 Å². The molecule has 1 fully saturated rings. The van der Waals surface area contributed by atoms with Gasteiger partial charge in [0, 0.05) is 18.2 Å². The van der Waals surface area contributed by atoms with Crippen LogP contribution in [0.4, 0.5) is 0 Å². The Morgan fingerprint density at radius 3 is 2.26 bits per heavy atom. The van der Waals surface area contributed by atoms with E-state index in [1.54, 1.807) is 12.4 Å². The molecule has 19 heavy (non-hydrogen) atoms. The van der Waals surface area contributed by atoms with Crippen LogP contribution in [0.2, 0.25) is 5.82 Å². The van der Waals surface area contributed by atoms with E-state index in [4.69, 9.17) is 9.31 Å². The highest BCUT2D eigenvalue weighted by molar-refractivity contribution is 6.47. The molecule has 5 heteroatoms. The molecule has 1 saturated heterocycles. The fraction of sp³-hybridized carbons (Fsp3) is 0.643. The van der Waals surface area contributed by atoms with E-state index in [1.165, 1.54) is 0 Å². The number of aliphatic hydroxyl groups is 1. The van der Waals surface area contributed by atoms with E-state index in [0.717, 1.165) is 5.56 Å². The van der Waals surface area contributed by atoms with Crippen LogP contribution in [0.1, 0.15) is 46.3 Å². The van der Waals surface area contributed by atoms with Crippen molar-refractivity contribution in [3.8, 4) is 0 Å². The van der Waals surface area contributed by atoms with Gasteiger partial charge in [0.2, 0.25) is 0 Å². The van der Waals surface area contributed by atoms with E-state index >= 15 is 0 Å². The summed E-state index contributed by atoms with van der Waals surface area (Å²) in [5.41, 5.74) is 0.0333. The summed E-state index contributed by atoms with van der Waals surface area (Å²) in [6.45, 7) is 9.97. The molecule has 104 valence electrons. The highest BCUT2D eigenvalue weighted by Crippen LogP contribution is 2.42. The minimum absolute atomic E-state index is 0.162. The fourth-order valence-corrected chi connectivity index (χ4v) is 2.11. The molecule has 0 amide bonds. The number of aromatic nitrogens is 1. The van der Waals surface area contributed by atoms with Gasteiger partial charge in [0.05, 0.1) is 17.3 Å². The molecule has 4 nitrogen and oxygen atoms in total. The standard InChI is InChI=1S/C14H22BNO3/c1-10(12(17)11-7-6-8-16-9-11)15-18-13(2,3)14(4,5)19-15/h6-10,12,17H,1-5H3. The van der Waals surface area contributed by atoms with Crippen LogP contribution in [0.25, 0.3) is 0 Å². The molecule has 0 spiro atoms. The third kappa shape index (κ3) is 2.68. The van der Waals surface area contributed by atoms with Crippen LogP contribution >= 0.6 is 0 Å². The second-order valence-electron chi connectivity index (χ2n) is 6.22. The van der Waals surface area contributed by atoms with Crippen LogP contribution in [-0.2, 0) is 9.31 Å². The van der Waals surface area contributed by atoms with Crippen LogP contribution in [-0.4, -0.2) is 28.4 Å². The first-order valence-corrected chi connectivity index (χ1v) is 6.68. The van der Waals surface area contributed by atoms with E-state index in [-0.39, 0.29) is 17.0 Å². The summed E-state index contributed by atoms with van der Waals surface area (Å²) in [5, 5.41) is 10.4. The Bertz CT molecular complexity index is 420. The van der Waals surface area contributed by atoms with Gasteiger partial charge in [-0.15, -0.1) is 0 Å². The largest absolute Gasteiger partial charge is 0.463 e. The third-order valence-corrected chi connectivity index (χ3v) is 4.22. The number of nitrogens with zero attached hydrogens (tertiary/aromatic N) is 1. The Labute approximate surface area is 115 Å². The molecule has 1 N–H and O–H groups in total. The average Bonchev–Trinajstić information content (AvgIpc) is 2.58. The Hall–Kier alpha value is -0.905.